The molecule has 0 aromatic carbocycles. The van der Waals surface area contributed by atoms with Gasteiger partial charge in [-0.05, 0) is 39.8 Å². The summed E-state index contributed by atoms with van der Waals surface area (Å²) in [5, 5.41) is 2.53. The molecule has 1 aromatic heterocycles. The Labute approximate surface area is 110 Å². The number of nitrogens with one attached hydrogen (secondary N) is 2. The number of hydrogen-bond acceptors (Lipinski definition) is 4. The minimum atomic E-state index is -0.454. The third kappa shape index (κ3) is 5.29. The molecule has 1 rings (SSSR count). The van der Waals surface area contributed by atoms with Crippen LogP contribution in [0.15, 0.2) is 12.1 Å². The lowest BCUT2D eigenvalue weighted by Gasteiger charge is -2.18. The fourth-order valence-corrected chi connectivity index (χ4v) is 1.83. The van der Waals surface area contributed by atoms with Crippen molar-refractivity contribution < 1.29 is 14.4 Å². The normalized spacial score (nSPS) is 11.1. The van der Waals surface area contributed by atoms with Gasteiger partial charge in [-0.2, -0.15) is 0 Å². The van der Waals surface area contributed by atoms with Gasteiger partial charge in [0.2, 0.25) is 0 Å². The first-order chi connectivity index (χ1) is 8.28. The third-order valence-electron chi connectivity index (χ3n) is 1.84. The van der Waals surface area contributed by atoms with Gasteiger partial charge in [-0.1, -0.05) is 0 Å². The molecule has 0 atom stereocenters. The molecule has 6 heteroatoms. The first kappa shape index (κ1) is 14.7. The van der Waals surface area contributed by atoms with Crippen molar-refractivity contribution in [2.75, 3.05) is 6.54 Å². The van der Waals surface area contributed by atoms with Gasteiger partial charge in [0.25, 0.3) is 11.8 Å². The van der Waals surface area contributed by atoms with Crippen molar-refractivity contribution in [1.82, 2.24) is 10.8 Å². The molecule has 5 nitrogen and oxygen atoms in total. The van der Waals surface area contributed by atoms with Crippen molar-refractivity contribution in [2.45, 2.75) is 33.3 Å². The fourth-order valence-electron chi connectivity index (χ4n) is 1.05. The quantitative estimate of drug-likeness (QED) is 0.817. The lowest BCUT2D eigenvalue weighted by atomic mass is 10.2. The first-order valence-electron chi connectivity index (χ1n) is 5.59. The van der Waals surface area contributed by atoms with E-state index in [4.69, 9.17) is 4.84 Å². The maximum absolute atomic E-state index is 11.6. The summed E-state index contributed by atoms with van der Waals surface area (Å²) in [5.41, 5.74) is 1.83. The molecule has 100 valence electrons. The molecule has 0 unspecified atom stereocenters. The largest absolute Gasteiger partial charge is 0.342 e. The van der Waals surface area contributed by atoms with E-state index < -0.39 is 5.60 Å². The highest BCUT2D eigenvalue weighted by molar-refractivity contribution is 7.13. The maximum Gasteiger partial charge on any atom is 0.262 e. The minimum Gasteiger partial charge on any atom is -0.342 e. The average Bonchev–Trinajstić information content (AvgIpc) is 2.69. The number of aryl methyl sites for hydroxylation is 1. The van der Waals surface area contributed by atoms with Crippen LogP contribution in [0, 0.1) is 6.92 Å². The van der Waals surface area contributed by atoms with Crippen LogP contribution in [0.5, 0.6) is 0 Å². The molecule has 0 radical (unpaired) electrons. The Morgan fingerprint density at radius 2 is 2.00 bits per heavy atom. The second-order valence-corrected chi connectivity index (χ2v) is 6.12. The molecule has 0 saturated carbocycles. The predicted octanol–water partition coefficient (Wildman–Crippen LogP) is 1.63. The summed E-state index contributed by atoms with van der Waals surface area (Å²) >= 11 is 1.39. The molecule has 0 spiro atoms. The van der Waals surface area contributed by atoms with E-state index in [0.29, 0.717) is 4.88 Å². The van der Waals surface area contributed by atoms with Crippen molar-refractivity contribution >= 4 is 23.2 Å². The fraction of sp³-hybridized carbons (Fsp3) is 0.500. The molecular formula is C12H18N2O3S. The summed E-state index contributed by atoms with van der Waals surface area (Å²) in [6, 6.07) is 3.60. The number of carbonyl (C=O) groups is 2. The summed E-state index contributed by atoms with van der Waals surface area (Å²) in [6.45, 7) is 7.28. The number of hydrogen-bond donors (Lipinski definition) is 2. The number of carbonyl (C=O) groups excluding carboxylic acids is 2. The zero-order valence-electron chi connectivity index (χ0n) is 11.0. The van der Waals surface area contributed by atoms with Gasteiger partial charge in [-0.3, -0.25) is 14.4 Å². The van der Waals surface area contributed by atoms with E-state index in [1.54, 1.807) is 6.07 Å². The number of thiophene rings is 1. The van der Waals surface area contributed by atoms with Gasteiger partial charge in [0.15, 0.2) is 0 Å². The van der Waals surface area contributed by atoms with Gasteiger partial charge < -0.3 is 5.32 Å². The van der Waals surface area contributed by atoms with E-state index in [2.05, 4.69) is 10.8 Å². The molecule has 18 heavy (non-hydrogen) atoms. The number of amides is 2. The Bertz CT molecular complexity index is 435. The van der Waals surface area contributed by atoms with Crippen LogP contribution in [0.1, 0.15) is 35.3 Å². The Morgan fingerprint density at radius 3 is 2.50 bits per heavy atom. The first-order valence-corrected chi connectivity index (χ1v) is 6.41. The molecule has 0 aliphatic carbocycles. The summed E-state index contributed by atoms with van der Waals surface area (Å²) in [4.78, 5) is 29.8. The molecule has 2 N–H and O–H groups in total. The highest BCUT2D eigenvalue weighted by Crippen LogP contribution is 2.14. The van der Waals surface area contributed by atoms with Crippen LogP contribution in [0.3, 0.4) is 0 Å². The zero-order valence-corrected chi connectivity index (χ0v) is 11.8. The third-order valence-corrected chi connectivity index (χ3v) is 2.84. The number of hydroxylamine groups is 1. The van der Waals surface area contributed by atoms with Crippen molar-refractivity contribution in [1.29, 1.82) is 0 Å². The molecule has 1 heterocycles. The molecular weight excluding hydrogens is 252 g/mol. The Morgan fingerprint density at radius 1 is 1.33 bits per heavy atom. The van der Waals surface area contributed by atoms with Crippen molar-refractivity contribution in [3.05, 3.63) is 21.9 Å². The summed E-state index contributed by atoms with van der Waals surface area (Å²) < 4.78 is 0. The number of rotatable bonds is 4. The standard InChI is InChI=1S/C12H18N2O3S/c1-8-5-6-9(18-8)11(16)13-7-10(15)14-17-12(2,3)4/h5-6H,7H2,1-4H3,(H,13,16)(H,14,15). The second-order valence-electron chi connectivity index (χ2n) is 4.83. The minimum absolute atomic E-state index is 0.105. The van der Waals surface area contributed by atoms with Crippen molar-refractivity contribution in [2.24, 2.45) is 0 Å². The highest BCUT2D eigenvalue weighted by atomic mass is 32.1. The van der Waals surface area contributed by atoms with E-state index in [1.807, 2.05) is 33.8 Å². The smallest absolute Gasteiger partial charge is 0.262 e. The lowest BCUT2D eigenvalue weighted by Crippen LogP contribution is -2.40. The van der Waals surface area contributed by atoms with Crippen LogP contribution in [0.4, 0.5) is 0 Å². The van der Waals surface area contributed by atoms with Crippen molar-refractivity contribution in [3.63, 3.8) is 0 Å². The Balaban J connectivity index is 2.33. The molecule has 0 aliphatic heterocycles. The van der Waals surface area contributed by atoms with E-state index in [-0.39, 0.29) is 18.4 Å². The van der Waals surface area contributed by atoms with E-state index >= 15 is 0 Å². The monoisotopic (exact) mass is 270 g/mol. The SMILES string of the molecule is Cc1ccc(C(=O)NCC(=O)NOC(C)(C)C)s1. The van der Waals surface area contributed by atoms with Gasteiger partial charge >= 0.3 is 0 Å². The summed E-state index contributed by atoms with van der Waals surface area (Å²) in [5.74, 6) is -0.634. The molecule has 2 amide bonds. The van der Waals surface area contributed by atoms with Crippen LogP contribution >= 0.6 is 11.3 Å². The predicted molar refractivity (Wildman–Crippen MR) is 70.4 cm³/mol. The van der Waals surface area contributed by atoms with Crippen LogP contribution < -0.4 is 10.8 Å². The van der Waals surface area contributed by atoms with Gasteiger partial charge in [0.1, 0.15) is 0 Å². The molecule has 1 aromatic rings. The van der Waals surface area contributed by atoms with Crippen LogP contribution in [0.2, 0.25) is 0 Å². The molecule has 0 aliphatic rings. The molecule has 0 saturated heterocycles. The van der Waals surface area contributed by atoms with Crippen LogP contribution in [-0.2, 0) is 9.63 Å². The average molecular weight is 270 g/mol. The molecule has 0 bridgehead atoms. The van der Waals surface area contributed by atoms with Gasteiger partial charge in [0.05, 0.1) is 17.0 Å². The summed E-state index contributed by atoms with van der Waals surface area (Å²) in [7, 11) is 0. The zero-order chi connectivity index (χ0) is 13.8. The maximum atomic E-state index is 11.6. The Kier molecular flexibility index (Phi) is 4.86. The van der Waals surface area contributed by atoms with Crippen LogP contribution in [-0.4, -0.2) is 24.0 Å². The second kappa shape index (κ2) is 5.97. The van der Waals surface area contributed by atoms with Gasteiger partial charge in [0, 0.05) is 4.88 Å². The highest BCUT2D eigenvalue weighted by Gasteiger charge is 2.14. The van der Waals surface area contributed by atoms with E-state index in [1.165, 1.54) is 11.3 Å². The van der Waals surface area contributed by atoms with E-state index in [9.17, 15) is 9.59 Å². The molecule has 0 fully saturated rings. The van der Waals surface area contributed by atoms with Crippen molar-refractivity contribution in [3.8, 4) is 0 Å². The van der Waals surface area contributed by atoms with E-state index in [0.717, 1.165) is 4.88 Å². The van der Waals surface area contributed by atoms with Crippen LogP contribution in [0.25, 0.3) is 0 Å². The van der Waals surface area contributed by atoms with Gasteiger partial charge in [-0.25, -0.2) is 5.48 Å². The Hall–Kier alpha value is -1.40. The van der Waals surface area contributed by atoms with Gasteiger partial charge in [-0.15, -0.1) is 11.3 Å². The summed E-state index contributed by atoms with van der Waals surface area (Å²) in [6.07, 6.45) is 0. The lowest BCUT2D eigenvalue weighted by molar-refractivity contribution is -0.144. The topological polar surface area (TPSA) is 67.4 Å².